The van der Waals surface area contributed by atoms with Crippen molar-refractivity contribution in [3.63, 3.8) is 0 Å². The van der Waals surface area contributed by atoms with Gasteiger partial charge in [-0.2, -0.15) is 5.26 Å². The number of hydrogen-bond acceptors (Lipinski definition) is 2. The number of nitriles is 1. The SMILES string of the molecule is N#Cc1ccc(-n2c(=S)[nH]c3cc(Cl)c(Cl)cc32)c(Br)c1. The molecule has 2 aromatic carbocycles. The summed E-state index contributed by atoms with van der Waals surface area (Å²) in [5, 5.41) is 9.86. The van der Waals surface area contributed by atoms with Gasteiger partial charge >= 0.3 is 0 Å². The number of fused-ring (bicyclic) bond motifs is 1. The maximum absolute atomic E-state index is 8.94. The van der Waals surface area contributed by atoms with Crippen LogP contribution in [0.1, 0.15) is 5.56 Å². The Morgan fingerprint density at radius 2 is 1.90 bits per heavy atom. The fourth-order valence-electron chi connectivity index (χ4n) is 2.10. The van der Waals surface area contributed by atoms with E-state index in [1.54, 1.807) is 24.3 Å². The maximum atomic E-state index is 8.94. The van der Waals surface area contributed by atoms with Crippen LogP contribution in [-0.2, 0) is 0 Å². The van der Waals surface area contributed by atoms with Gasteiger partial charge < -0.3 is 4.98 Å². The normalized spacial score (nSPS) is 10.8. The lowest BCUT2D eigenvalue weighted by Gasteiger charge is -2.08. The number of hydrogen-bond donors (Lipinski definition) is 1. The van der Waals surface area contributed by atoms with E-state index in [2.05, 4.69) is 27.0 Å². The minimum absolute atomic E-state index is 0.455. The standard InChI is InChI=1S/C14H6BrCl2N3S/c15-8-3-7(6-18)1-2-12(8)20-13-5-10(17)9(16)4-11(13)19-14(20)21/h1-5H,(H,19,21). The van der Waals surface area contributed by atoms with E-state index in [4.69, 9.17) is 40.7 Å². The number of nitrogens with zero attached hydrogens (tertiary/aromatic N) is 2. The molecule has 1 heterocycles. The Labute approximate surface area is 143 Å². The molecule has 0 bridgehead atoms. The molecule has 0 aliphatic carbocycles. The van der Waals surface area contributed by atoms with E-state index in [1.807, 2.05) is 10.6 Å². The van der Waals surface area contributed by atoms with Crippen molar-refractivity contribution < 1.29 is 0 Å². The van der Waals surface area contributed by atoms with Gasteiger partial charge in [0.15, 0.2) is 4.77 Å². The predicted molar refractivity (Wildman–Crippen MR) is 90.9 cm³/mol. The van der Waals surface area contributed by atoms with Crippen molar-refractivity contribution >= 4 is 62.4 Å². The van der Waals surface area contributed by atoms with Gasteiger partial charge in [-0.25, -0.2) is 0 Å². The van der Waals surface area contributed by atoms with E-state index in [1.165, 1.54) is 0 Å². The molecule has 1 N–H and O–H groups in total. The number of halogens is 3. The van der Waals surface area contributed by atoms with Gasteiger partial charge in [-0.3, -0.25) is 4.57 Å². The topological polar surface area (TPSA) is 44.5 Å². The smallest absolute Gasteiger partial charge is 0.182 e. The Morgan fingerprint density at radius 3 is 2.57 bits per heavy atom. The first kappa shape index (κ1) is 14.6. The monoisotopic (exact) mass is 397 g/mol. The van der Waals surface area contributed by atoms with Crippen LogP contribution in [0.2, 0.25) is 10.0 Å². The van der Waals surface area contributed by atoms with Crippen LogP contribution in [0.25, 0.3) is 16.7 Å². The van der Waals surface area contributed by atoms with Crippen LogP contribution >= 0.6 is 51.3 Å². The molecule has 0 saturated heterocycles. The number of H-pyrrole nitrogens is 1. The highest BCUT2D eigenvalue weighted by atomic mass is 79.9. The van der Waals surface area contributed by atoms with Crippen LogP contribution in [0.5, 0.6) is 0 Å². The number of aromatic amines is 1. The second kappa shape index (κ2) is 5.47. The van der Waals surface area contributed by atoms with Gasteiger partial charge in [0, 0.05) is 4.47 Å². The largest absolute Gasteiger partial charge is 0.330 e. The first-order chi connectivity index (χ1) is 10.0. The van der Waals surface area contributed by atoms with Gasteiger partial charge in [-0.05, 0) is 58.5 Å². The highest BCUT2D eigenvalue weighted by molar-refractivity contribution is 9.10. The molecular formula is C14H6BrCl2N3S. The van der Waals surface area contributed by atoms with Gasteiger partial charge in [0.05, 0.1) is 38.4 Å². The summed E-state index contributed by atoms with van der Waals surface area (Å²) in [6.07, 6.45) is 0. The molecule has 0 fully saturated rings. The van der Waals surface area contributed by atoms with Crippen molar-refractivity contribution in [3.05, 3.63) is 55.2 Å². The summed E-state index contributed by atoms with van der Waals surface area (Å²) in [4.78, 5) is 3.10. The van der Waals surface area contributed by atoms with Gasteiger partial charge in [0.1, 0.15) is 0 Å². The summed E-state index contributed by atoms with van der Waals surface area (Å²) in [7, 11) is 0. The lowest BCUT2D eigenvalue weighted by molar-refractivity contribution is 1.06. The molecule has 7 heteroatoms. The van der Waals surface area contributed by atoms with E-state index in [-0.39, 0.29) is 0 Å². The molecule has 104 valence electrons. The predicted octanol–water partition coefficient (Wildman–Crippen LogP) is 5.63. The van der Waals surface area contributed by atoms with E-state index in [0.717, 1.165) is 21.2 Å². The Bertz CT molecular complexity index is 969. The van der Waals surface area contributed by atoms with Crippen LogP contribution in [0.15, 0.2) is 34.8 Å². The number of nitrogens with one attached hydrogen (secondary N) is 1. The average Bonchev–Trinajstić information content (AvgIpc) is 2.75. The van der Waals surface area contributed by atoms with Crippen LogP contribution < -0.4 is 0 Å². The first-order valence-electron chi connectivity index (χ1n) is 5.81. The zero-order valence-electron chi connectivity index (χ0n) is 10.3. The Morgan fingerprint density at radius 1 is 1.19 bits per heavy atom. The van der Waals surface area contributed by atoms with Crippen LogP contribution in [0.4, 0.5) is 0 Å². The molecule has 0 radical (unpaired) electrons. The van der Waals surface area contributed by atoms with Gasteiger partial charge in [0.25, 0.3) is 0 Å². The Hall–Kier alpha value is -1.32. The summed E-state index contributed by atoms with van der Waals surface area (Å²) in [5.74, 6) is 0. The second-order valence-corrected chi connectivity index (χ2v) is 6.38. The van der Waals surface area contributed by atoms with Crippen LogP contribution in [0.3, 0.4) is 0 Å². The zero-order chi connectivity index (χ0) is 15.1. The molecule has 0 aliphatic heterocycles. The molecule has 0 saturated carbocycles. The Balaban J connectivity index is 2.35. The Kier molecular flexibility index (Phi) is 3.80. The fourth-order valence-corrected chi connectivity index (χ4v) is 3.28. The number of benzene rings is 2. The van der Waals surface area contributed by atoms with Crippen molar-refractivity contribution in [1.82, 2.24) is 9.55 Å². The van der Waals surface area contributed by atoms with Gasteiger partial charge in [-0.1, -0.05) is 23.2 Å². The molecule has 3 rings (SSSR count). The molecule has 0 atom stereocenters. The molecule has 0 spiro atoms. The molecule has 21 heavy (non-hydrogen) atoms. The van der Waals surface area contributed by atoms with E-state index >= 15 is 0 Å². The lowest BCUT2D eigenvalue weighted by atomic mass is 10.2. The van der Waals surface area contributed by atoms with E-state index in [9.17, 15) is 0 Å². The third-order valence-corrected chi connectivity index (χ3v) is 4.68. The first-order valence-corrected chi connectivity index (χ1v) is 7.77. The summed E-state index contributed by atoms with van der Waals surface area (Å²) < 4.78 is 3.14. The van der Waals surface area contributed by atoms with Gasteiger partial charge in [-0.15, -0.1) is 0 Å². The molecule has 3 aromatic rings. The second-order valence-electron chi connectivity index (χ2n) is 4.33. The summed E-state index contributed by atoms with van der Waals surface area (Å²) in [5.41, 5.74) is 3.01. The van der Waals surface area contributed by atoms with Crippen molar-refractivity contribution in [2.45, 2.75) is 0 Å². The highest BCUT2D eigenvalue weighted by Gasteiger charge is 2.12. The maximum Gasteiger partial charge on any atom is 0.182 e. The van der Waals surface area contributed by atoms with E-state index < -0.39 is 0 Å². The number of imidazole rings is 1. The minimum atomic E-state index is 0.455. The molecule has 0 amide bonds. The summed E-state index contributed by atoms with van der Waals surface area (Å²) in [6.45, 7) is 0. The highest BCUT2D eigenvalue weighted by Crippen LogP contribution is 2.31. The van der Waals surface area contributed by atoms with E-state index in [0.29, 0.717) is 20.4 Å². The molecule has 3 nitrogen and oxygen atoms in total. The third-order valence-electron chi connectivity index (χ3n) is 3.04. The lowest BCUT2D eigenvalue weighted by Crippen LogP contribution is -1.96. The third kappa shape index (κ3) is 2.49. The number of rotatable bonds is 1. The fraction of sp³-hybridized carbons (Fsp3) is 0. The molecular weight excluding hydrogens is 393 g/mol. The zero-order valence-corrected chi connectivity index (χ0v) is 14.2. The molecule has 0 unspecified atom stereocenters. The van der Waals surface area contributed by atoms with Crippen molar-refractivity contribution in [3.8, 4) is 11.8 Å². The van der Waals surface area contributed by atoms with Crippen molar-refractivity contribution in [1.29, 1.82) is 5.26 Å². The minimum Gasteiger partial charge on any atom is -0.330 e. The van der Waals surface area contributed by atoms with Crippen LogP contribution in [0, 0.1) is 16.1 Å². The molecule has 1 aromatic heterocycles. The summed E-state index contributed by atoms with van der Waals surface area (Å²) >= 11 is 21.0. The van der Waals surface area contributed by atoms with Crippen molar-refractivity contribution in [2.24, 2.45) is 0 Å². The van der Waals surface area contributed by atoms with Crippen molar-refractivity contribution in [2.75, 3.05) is 0 Å². The van der Waals surface area contributed by atoms with Crippen LogP contribution in [-0.4, -0.2) is 9.55 Å². The molecule has 0 aliphatic rings. The quantitative estimate of drug-likeness (QED) is 0.540. The van der Waals surface area contributed by atoms with Gasteiger partial charge in [0.2, 0.25) is 0 Å². The number of aromatic nitrogens is 2. The summed E-state index contributed by atoms with van der Waals surface area (Å²) in [6, 6.07) is 10.9. The average molecular weight is 399 g/mol.